The lowest BCUT2D eigenvalue weighted by molar-refractivity contribution is 0.0692. The van der Waals surface area contributed by atoms with Gasteiger partial charge < -0.3 is 14.1 Å². The molecule has 1 fully saturated rings. The third-order valence-electron chi connectivity index (χ3n) is 5.03. The van der Waals surface area contributed by atoms with Gasteiger partial charge in [-0.3, -0.25) is 9.78 Å². The van der Waals surface area contributed by atoms with E-state index in [-0.39, 0.29) is 11.8 Å². The number of carbonyl (C=O) groups excluding carboxylic acids is 1. The molecule has 6 nitrogen and oxygen atoms in total. The molecule has 3 heterocycles. The molecular formula is C22H23N3O3. The number of ether oxygens (including phenoxy) is 1. The lowest BCUT2D eigenvalue weighted by atomic mass is 9.97. The minimum atomic E-state index is -0.0338. The van der Waals surface area contributed by atoms with Gasteiger partial charge in [0.2, 0.25) is 0 Å². The van der Waals surface area contributed by atoms with Crippen LogP contribution in [0.15, 0.2) is 59.3 Å². The van der Waals surface area contributed by atoms with Crippen LogP contribution < -0.4 is 4.74 Å². The summed E-state index contributed by atoms with van der Waals surface area (Å²) in [6, 6.07) is 13.3. The highest BCUT2D eigenvalue weighted by Crippen LogP contribution is 2.28. The second kappa shape index (κ2) is 8.25. The van der Waals surface area contributed by atoms with Crippen LogP contribution >= 0.6 is 0 Å². The third kappa shape index (κ3) is 4.06. The Morgan fingerprint density at radius 1 is 1.25 bits per heavy atom. The van der Waals surface area contributed by atoms with Gasteiger partial charge in [-0.15, -0.1) is 0 Å². The molecule has 0 radical (unpaired) electrons. The van der Waals surface area contributed by atoms with Crippen LogP contribution in [0.4, 0.5) is 0 Å². The summed E-state index contributed by atoms with van der Waals surface area (Å²) in [6.45, 7) is 1.35. The topological polar surface area (TPSA) is 68.5 Å². The number of nitrogens with zero attached hydrogens (tertiary/aromatic N) is 3. The van der Waals surface area contributed by atoms with Crippen LogP contribution in [-0.2, 0) is 6.42 Å². The number of carbonyl (C=O) groups is 1. The molecule has 0 spiro atoms. The van der Waals surface area contributed by atoms with E-state index in [0.29, 0.717) is 24.6 Å². The number of likely N-dealkylation sites (tertiary alicyclic amines) is 1. The van der Waals surface area contributed by atoms with Crippen molar-refractivity contribution >= 4 is 5.91 Å². The van der Waals surface area contributed by atoms with E-state index in [0.717, 1.165) is 36.5 Å². The number of piperidine rings is 1. The Balaban J connectivity index is 1.43. The Morgan fingerprint density at radius 2 is 2.18 bits per heavy atom. The van der Waals surface area contributed by atoms with E-state index < -0.39 is 0 Å². The van der Waals surface area contributed by atoms with Crippen LogP contribution in [0.3, 0.4) is 0 Å². The van der Waals surface area contributed by atoms with Crippen LogP contribution in [0.25, 0.3) is 0 Å². The molecule has 6 heteroatoms. The number of aromatic nitrogens is 2. The minimum Gasteiger partial charge on any atom is -0.497 e. The summed E-state index contributed by atoms with van der Waals surface area (Å²) in [7, 11) is 1.66. The van der Waals surface area contributed by atoms with E-state index >= 15 is 0 Å². The standard InChI is InChI=1S/C22H23N3O3/c1-27-18-8-4-6-16(12-18)13-19-14-24-21(28-19)17-7-5-11-25(15-17)22(26)20-9-2-3-10-23-20/h2-4,6,8-10,12,14,17H,5,7,11,13,15H2,1H3. The predicted octanol–water partition coefficient (Wildman–Crippen LogP) is 3.69. The largest absolute Gasteiger partial charge is 0.497 e. The van der Waals surface area contributed by atoms with E-state index in [1.165, 1.54) is 0 Å². The van der Waals surface area contributed by atoms with Gasteiger partial charge in [0.05, 0.1) is 19.2 Å². The van der Waals surface area contributed by atoms with E-state index in [2.05, 4.69) is 9.97 Å². The molecule has 0 saturated carbocycles. The SMILES string of the molecule is COc1cccc(Cc2cnc(C3CCCN(C(=O)c4ccccn4)C3)o2)c1. The predicted molar refractivity (Wildman–Crippen MR) is 104 cm³/mol. The van der Waals surface area contributed by atoms with Gasteiger partial charge in [0.15, 0.2) is 5.89 Å². The first-order valence-corrected chi connectivity index (χ1v) is 9.51. The number of hydrogen-bond acceptors (Lipinski definition) is 5. The van der Waals surface area contributed by atoms with Crippen molar-refractivity contribution in [3.63, 3.8) is 0 Å². The molecule has 1 amide bonds. The molecule has 3 aromatic rings. The highest BCUT2D eigenvalue weighted by atomic mass is 16.5. The number of benzene rings is 1. The molecule has 1 atom stereocenters. The average Bonchev–Trinajstić information content (AvgIpc) is 3.22. The summed E-state index contributed by atoms with van der Waals surface area (Å²) >= 11 is 0. The van der Waals surface area contributed by atoms with E-state index in [1.807, 2.05) is 41.3 Å². The lowest BCUT2D eigenvalue weighted by Gasteiger charge is -2.31. The molecule has 1 aliphatic heterocycles. The summed E-state index contributed by atoms with van der Waals surface area (Å²) in [6.07, 6.45) is 5.98. The van der Waals surface area contributed by atoms with Gasteiger partial charge in [-0.05, 0) is 42.7 Å². The van der Waals surface area contributed by atoms with Crippen molar-refractivity contribution in [2.45, 2.75) is 25.2 Å². The maximum atomic E-state index is 12.7. The Labute approximate surface area is 164 Å². The Kier molecular flexibility index (Phi) is 5.37. The van der Waals surface area contributed by atoms with Gasteiger partial charge in [-0.25, -0.2) is 4.98 Å². The zero-order valence-corrected chi connectivity index (χ0v) is 15.9. The van der Waals surface area contributed by atoms with Gasteiger partial charge in [0.1, 0.15) is 17.2 Å². The molecule has 0 bridgehead atoms. The minimum absolute atomic E-state index is 0.0338. The molecule has 144 valence electrons. The van der Waals surface area contributed by atoms with Crippen molar-refractivity contribution in [1.29, 1.82) is 0 Å². The fourth-order valence-corrected chi connectivity index (χ4v) is 3.59. The van der Waals surface area contributed by atoms with Crippen LogP contribution in [0.2, 0.25) is 0 Å². The number of amides is 1. The number of hydrogen-bond donors (Lipinski definition) is 0. The molecule has 0 N–H and O–H groups in total. The Morgan fingerprint density at radius 3 is 3.00 bits per heavy atom. The molecule has 28 heavy (non-hydrogen) atoms. The molecule has 1 aliphatic rings. The van der Waals surface area contributed by atoms with E-state index in [4.69, 9.17) is 9.15 Å². The maximum absolute atomic E-state index is 12.7. The van der Waals surface area contributed by atoms with Crippen LogP contribution in [0, 0.1) is 0 Å². The smallest absolute Gasteiger partial charge is 0.272 e. The van der Waals surface area contributed by atoms with Crippen LogP contribution in [-0.4, -0.2) is 41.0 Å². The molecule has 2 aromatic heterocycles. The average molecular weight is 377 g/mol. The second-order valence-electron chi connectivity index (χ2n) is 7.00. The molecule has 1 aromatic carbocycles. The molecule has 4 rings (SSSR count). The number of pyridine rings is 1. The normalized spacial score (nSPS) is 16.8. The van der Waals surface area contributed by atoms with Crippen LogP contribution in [0.5, 0.6) is 5.75 Å². The number of methoxy groups -OCH3 is 1. The highest BCUT2D eigenvalue weighted by molar-refractivity contribution is 5.92. The first-order chi connectivity index (χ1) is 13.7. The second-order valence-corrected chi connectivity index (χ2v) is 7.00. The van der Waals surface area contributed by atoms with Crippen molar-refractivity contribution in [3.05, 3.63) is 77.8 Å². The van der Waals surface area contributed by atoms with Gasteiger partial charge in [0, 0.05) is 25.7 Å². The number of rotatable bonds is 5. The van der Waals surface area contributed by atoms with E-state index in [9.17, 15) is 4.79 Å². The summed E-state index contributed by atoms with van der Waals surface area (Å²) in [5, 5.41) is 0. The Bertz CT molecular complexity index is 939. The Hall–Kier alpha value is -3.15. The van der Waals surface area contributed by atoms with Crippen molar-refractivity contribution < 1.29 is 13.9 Å². The summed E-state index contributed by atoms with van der Waals surface area (Å²) in [4.78, 5) is 23.2. The molecule has 1 saturated heterocycles. The van der Waals surface area contributed by atoms with Crippen molar-refractivity contribution in [1.82, 2.24) is 14.9 Å². The summed E-state index contributed by atoms with van der Waals surface area (Å²) in [5.74, 6) is 2.43. The fourth-order valence-electron chi connectivity index (χ4n) is 3.59. The van der Waals surface area contributed by atoms with Gasteiger partial charge in [-0.1, -0.05) is 18.2 Å². The number of oxazole rings is 1. The summed E-state index contributed by atoms with van der Waals surface area (Å²) in [5.41, 5.74) is 1.59. The molecule has 1 unspecified atom stereocenters. The molecular weight excluding hydrogens is 354 g/mol. The van der Waals surface area contributed by atoms with Gasteiger partial charge >= 0.3 is 0 Å². The third-order valence-corrected chi connectivity index (χ3v) is 5.03. The maximum Gasteiger partial charge on any atom is 0.272 e. The quantitative estimate of drug-likeness (QED) is 0.678. The fraction of sp³-hybridized carbons (Fsp3) is 0.318. The zero-order chi connectivity index (χ0) is 19.3. The lowest BCUT2D eigenvalue weighted by Crippen LogP contribution is -2.39. The van der Waals surface area contributed by atoms with Crippen molar-refractivity contribution in [2.24, 2.45) is 0 Å². The van der Waals surface area contributed by atoms with Crippen molar-refractivity contribution in [3.8, 4) is 5.75 Å². The highest BCUT2D eigenvalue weighted by Gasteiger charge is 2.28. The van der Waals surface area contributed by atoms with Crippen LogP contribution in [0.1, 0.15) is 46.5 Å². The first kappa shape index (κ1) is 18.2. The zero-order valence-electron chi connectivity index (χ0n) is 15.9. The molecule has 0 aliphatic carbocycles. The van der Waals surface area contributed by atoms with Gasteiger partial charge in [-0.2, -0.15) is 0 Å². The monoisotopic (exact) mass is 377 g/mol. The first-order valence-electron chi connectivity index (χ1n) is 9.51. The van der Waals surface area contributed by atoms with Crippen molar-refractivity contribution in [2.75, 3.05) is 20.2 Å². The van der Waals surface area contributed by atoms with Gasteiger partial charge in [0.25, 0.3) is 5.91 Å². The summed E-state index contributed by atoms with van der Waals surface area (Å²) < 4.78 is 11.3. The van der Waals surface area contributed by atoms with E-state index in [1.54, 1.807) is 25.6 Å².